The van der Waals surface area contributed by atoms with Crippen LogP contribution in [-0.2, 0) is 11.2 Å². The highest BCUT2D eigenvalue weighted by atomic mass is 16.2. The van der Waals surface area contributed by atoms with Crippen molar-refractivity contribution in [2.45, 2.75) is 20.3 Å². The predicted molar refractivity (Wildman–Crippen MR) is 85.9 cm³/mol. The van der Waals surface area contributed by atoms with Gasteiger partial charge < -0.3 is 10.6 Å². The zero-order valence-corrected chi connectivity index (χ0v) is 12.7. The van der Waals surface area contributed by atoms with Crippen LogP contribution < -0.4 is 5.73 Å². The first-order valence-corrected chi connectivity index (χ1v) is 7.52. The van der Waals surface area contributed by atoms with Crippen LogP contribution in [0.2, 0.25) is 0 Å². The molecule has 1 amide bonds. The minimum Gasteiger partial charge on any atom is -0.343 e. The number of fused-ring (bicyclic) bond motifs is 1. The SMILES string of the molecule is CCN(CC)C(=O)C(CN)Cc1ccc2ncccc2c1. The lowest BCUT2D eigenvalue weighted by atomic mass is 9.96. The molecule has 0 saturated carbocycles. The molecule has 2 aromatic rings. The topological polar surface area (TPSA) is 59.2 Å². The normalized spacial score (nSPS) is 12.3. The molecule has 21 heavy (non-hydrogen) atoms. The molecule has 0 fully saturated rings. The molecule has 0 spiro atoms. The predicted octanol–water partition coefficient (Wildman–Crippen LogP) is 2.22. The van der Waals surface area contributed by atoms with Crippen molar-refractivity contribution in [1.29, 1.82) is 0 Å². The molecule has 112 valence electrons. The minimum atomic E-state index is -0.154. The number of hydrogen-bond donors (Lipinski definition) is 1. The molecular weight excluding hydrogens is 262 g/mol. The van der Waals surface area contributed by atoms with Gasteiger partial charge in [0.15, 0.2) is 0 Å². The first kappa shape index (κ1) is 15.4. The molecule has 0 radical (unpaired) electrons. The van der Waals surface area contributed by atoms with E-state index in [-0.39, 0.29) is 11.8 Å². The lowest BCUT2D eigenvalue weighted by Crippen LogP contribution is -2.39. The summed E-state index contributed by atoms with van der Waals surface area (Å²) in [7, 11) is 0. The third-order valence-electron chi connectivity index (χ3n) is 3.86. The highest BCUT2D eigenvalue weighted by molar-refractivity contribution is 5.81. The summed E-state index contributed by atoms with van der Waals surface area (Å²) in [6.07, 6.45) is 2.46. The molecule has 0 bridgehead atoms. The standard InChI is InChI=1S/C17H23N3O/c1-3-20(4-2)17(21)15(12-18)11-13-7-8-16-14(10-13)6-5-9-19-16/h5-10,15H,3-4,11-12,18H2,1-2H3. The van der Waals surface area contributed by atoms with E-state index >= 15 is 0 Å². The van der Waals surface area contributed by atoms with Crippen LogP contribution in [0.1, 0.15) is 19.4 Å². The molecule has 2 rings (SSSR count). The fraction of sp³-hybridized carbons (Fsp3) is 0.412. The van der Waals surface area contributed by atoms with E-state index in [0.717, 1.165) is 29.6 Å². The van der Waals surface area contributed by atoms with E-state index < -0.39 is 0 Å². The molecule has 0 aliphatic heterocycles. The quantitative estimate of drug-likeness (QED) is 0.885. The average Bonchev–Trinajstić information content (AvgIpc) is 2.53. The van der Waals surface area contributed by atoms with Gasteiger partial charge in [0.05, 0.1) is 11.4 Å². The van der Waals surface area contributed by atoms with Crippen molar-refractivity contribution < 1.29 is 4.79 Å². The number of pyridine rings is 1. The number of carbonyl (C=O) groups excluding carboxylic acids is 1. The number of nitrogens with zero attached hydrogens (tertiary/aromatic N) is 2. The molecule has 0 aliphatic carbocycles. The minimum absolute atomic E-state index is 0.147. The van der Waals surface area contributed by atoms with E-state index in [4.69, 9.17) is 5.73 Å². The Balaban J connectivity index is 2.18. The van der Waals surface area contributed by atoms with Crippen LogP contribution >= 0.6 is 0 Å². The van der Waals surface area contributed by atoms with Gasteiger partial charge in [-0.1, -0.05) is 12.1 Å². The second kappa shape index (κ2) is 7.18. The Hall–Kier alpha value is -1.94. The molecule has 4 heteroatoms. The Labute approximate surface area is 126 Å². The number of carbonyl (C=O) groups is 1. The molecule has 1 atom stereocenters. The van der Waals surface area contributed by atoms with Crippen LogP contribution in [0.4, 0.5) is 0 Å². The van der Waals surface area contributed by atoms with Gasteiger partial charge in [-0.15, -0.1) is 0 Å². The Morgan fingerprint density at radius 2 is 2.05 bits per heavy atom. The van der Waals surface area contributed by atoms with Gasteiger partial charge >= 0.3 is 0 Å². The molecule has 1 heterocycles. The molecule has 0 aliphatic rings. The van der Waals surface area contributed by atoms with E-state index in [1.165, 1.54) is 0 Å². The number of rotatable bonds is 6. The van der Waals surface area contributed by atoms with Gasteiger partial charge in [-0.3, -0.25) is 9.78 Å². The third kappa shape index (κ3) is 3.58. The van der Waals surface area contributed by atoms with Crippen LogP contribution in [0.3, 0.4) is 0 Å². The van der Waals surface area contributed by atoms with Crippen LogP contribution in [0.15, 0.2) is 36.5 Å². The Morgan fingerprint density at radius 1 is 1.29 bits per heavy atom. The van der Waals surface area contributed by atoms with E-state index in [1.54, 1.807) is 6.20 Å². The Morgan fingerprint density at radius 3 is 2.71 bits per heavy atom. The summed E-state index contributed by atoms with van der Waals surface area (Å²) in [4.78, 5) is 18.6. The maximum atomic E-state index is 12.4. The number of aromatic nitrogens is 1. The summed E-state index contributed by atoms with van der Waals surface area (Å²) in [6, 6.07) is 10.1. The van der Waals surface area contributed by atoms with Crippen molar-refractivity contribution in [2.24, 2.45) is 11.7 Å². The maximum Gasteiger partial charge on any atom is 0.227 e. The third-order valence-corrected chi connectivity index (χ3v) is 3.86. The van der Waals surface area contributed by atoms with Crippen LogP contribution in [0, 0.1) is 5.92 Å². The summed E-state index contributed by atoms with van der Waals surface area (Å²) in [5, 5.41) is 1.10. The molecule has 1 aromatic heterocycles. The van der Waals surface area contributed by atoms with Crippen LogP contribution in [0.25, 0.3) is 10.9 Å². The summed E-state index contributed by atoms with van der Waals surface area (Å²) in [5.74, 6) is -0.00666. The van der Waals surface area contributed by atoms with Crippen molar-refractivity contribution in [2.75, 3.05) is 19.6 Å². The van der Waals surface area contributed by atoms with Gasteiger partial charge in [-0.2, -0.15) is 0 Å². The number of nitrogens with two attached hydrogens (primary N) is 1. The maximum absolute atomic E-state index is 12.4. The van der Waals surface area contributed by atoms with Crippen molar-refractivity contribution in [1.82, 2.24) is 9.88 Å². The molecule has 1 unspecified atom stereocenters. The Bertz CT molecular complexity index is 608. The number of amides is 1. The van der Waals surface area contributed by atoms with E-state index in [2.05, 4.69) is 11.1 Å². The fourth-order valence-corrected chi connectivity index (χ4v) is 2.60. The summed E-state index contributed by atoms with van der Waals surface area (Å²) >= 11 is 0. The molecule has 4 nitrogen and oxygen atoms in total. The van der Waals surface area contributed by atoms with Crippen LogP contribution in [-0.4, -0.2) is 35.4 Å². The second-order valence-electron chi connectivity index (χ2n) is 5.18. The Kier molecular flexibility index (Phi) is 5.28. The van der Waals surface area contributed by atoms with Crippen molar-refractivity contribution in [3.8, 4) is 0 Å². The fourth-order valence-electron chi connectivity index (χ4n) is 2.60. The first-order chi connectivity index (χ1) is 10.2. The van der Waals surface area contributed by atoms with Gasteiger partial charge in [0, 0.05) is 31.2 Å². The van der Waals surface area contributed by atoms with E-state index in [9.17, 15) is 4.79 Å². The van der Waals surface area contributed by atoms with Gasteiger partial charge in [-0.25, -0.2) is 0 Å². The molecule has 1 aromatic carbocycles. The summed E-state index contributed by atoms with van der Waals surface area (Å²) in [6.45, 7) is 5.83. The van der Waals surface area contributed by atoms with Gasteiger partial charge in [-0.05, 0) is 44.0 Å². The monoisotopic (exact) mass is 285 g/mol. The molecular formula is C17H23N3O. The van der Waals surface area contributed by atoms with Crippen molar-refractivity contribution in [3.05, 3.63) is 42.1 Å². The summed E-state index contributed by atoms with van der Waals surface area (Å²) in [5.41, 5.74) is 7.93. The summed E-state index contributed by atoms with van der Waals surface area (Å²) < 4.78 is 0. The lowest BCUT2D eigenvalue weighted by molar-refractivity contribution is -0.134. The molecule has 0 saturated heterocycles. The smallest absolute Gasteiger partial charge is 0.227 e. The number of benzene rings is 1. The largest absolute Gasteiger partial charge is 0.343 e. The van der Waals surface area contributed by atoms with Crippen molar-refractivity contribution >= 4 is 16.8 Å². The molecule has 2 N–H and O–H groups in total. The highest BCUT2D eigenvalue weighted by Crippen LogP contribution is 2.17. The van der Waals surface area contributed by atoms with Gasteiger partial charge in [0.25, 0.3) is 0 Å². The van der Waals surface area contributed by atoms with Gasteiger partial charge in [0.1, 0.15) is 0 Å². The van der Waals surface area contributed by atoms with E-state index in [1.807, 2.05) is 43.0 Å². The average molecular weight is 285 g/mol. The van der Waals surface area contributed by atoms with Crippen molar-refractivity contribution in [3.63, 3.8) is 0 Å². The van der Waals surface area contributed by atoms with Crippen LogP contribution in [0.5, 0.6) is 0 Å². The second-order valence-corrected chi connectivity index (χ2v) is 5.18. The van der Waals surface area contributed by atoms with Gasteiger partial charge in [0.2, 0.25) is 5.91 Å². The first-order valence-electron chi connectivity index (χ1n) is 7.52. The van der Waals surface area contributed by atoms with E-state index in [0.29, 0.717) is 13.0 Å². The lowest BCUT2D eigenvalue weighted by Gasteiger charge is -2.24. The zero-order valence-electron chi connectivity index (χ0n) is 12.7. The number of hydrogen-bond acceptors (Lipinski definition) is 3. The highest BCUT2D eigenvalue weighted by Gasteiger charge is 2.21. The zero-order chi connectivity index (χ0) is 15.2.